The van der Waals surface area contributed by atoms with Crippen LogP contribution in [0.4, 0.5) is 0 Å². The van der Waals surface area contributed by atoms with Crippen LogP contribution >= 0.6 is 23.1 Å². The Hall–Kier alpha value is -0.870. The van der Waals surface area contributed by atoms with Gasteiger partial charge < -0.3 is 0 Å². The van der Waals surface area contributed by atoms with Crippen molar-refractivity contribution in [3.05, 3.63) is 29.3 Å². The molecule has 0 aliphatic rings. The van der Waals surface area contributed by atoms with Crippen LogP contribution in [0, 0.1) is 0 Å². The molecular weight excluding hydrogens is 214 g/mol. The van der Waals surface area contributed by atoms with Crippen LogP contribution in [0.1, 0.15) is 12.5 Å². The van der Waals surface area contributed by atoms with Gasteiger partial charge >= 0.3 is 0 Å². The minimum atomic E-state index is 0.149. The van der Waals surface area contributed by atoms with Crippen molar-refractivity contribution in [3.63, 3.8) is 0 Å². The summed E-state index contributed by atoms with van der Waals surface area (Å²) in [4.78, 5) is 15.1. The average Bonchev–Trinajstić information content (AvgIpc) is 2.61. The van der Waals surface area contributed by atoms with Crippen LogP contribution in [0.3, 0.4) is 0 Å². The molecule has 0 saturated heterocycles. The fourth-order valence-electron chi connectivity index (χ4n) is 1.15. The Morgan fingerprint density at radius 3 is 3.29 bits per heavy atom. The summed E-state index contributed by atoms with van der Waals surface area (Å²) in [6, 6.07) is 4.10. The number of pyridine rings is 1. The zero-order valence-corrected chi connectivity index (χ0v) is 9.32. The van der Waals surface area contributed by atoms with Crippen LogP contribution < -0.4 is 0 Å². The molecule has 0 fully saturated rings. The van der Waals surface area contributed by atoms with Crippen molar-refractivity contribution in [2.24, 2.45) is 0 Å². The lowest BCUT2D eigenvalue weighted by atomic mass is 10.3. The van der Waals surface area contributed by atoms with Gasteiger partial charge in [0.25, 0.3) is 0 Å². The molecule has 72 valence electrons. The van der Waals surface area contributed by atoms with E-state index in [1.807, 2.05) is 17.6 Å². The topological polar surface area (TPSA) is 30.0 Å². The van der Waals surface area contributed by atoms with Gasteiger partial charge in [0, 0.05) is 18.9 Å². The van der Waals surface area contributed by atoms with Gasteiger partial charge in [0.05, 0.1) is 10.2 Å². The van der Waals surface area contributed by atoms with Crippen LogP contribution in [-0.4, -0.2) is 10.1 Å². The molecule has 0 aliphatic carbocycles. The zero-order valence-electron chi connectivity index (χ0n) is 7.69. The second-order valence-corrected chi connectivity index (χ2v) is 5.03. The van der Waals surface area contributed by atoms with Gasteiger partial charge in [0.1, 0.15) is 0 Å². The van der Waals surface area contributed by atoms with Gasteiger partial charge in [-0.1, -0.05) is 11.8 Å². The Morgan fingerprint density at radius 1 is 1.64 bits per heavy atom. The highest BCUT2D eigenvalue weighted by molar-refractivity contribution is 8.12. The Bertz CT molecular complexity index is 464. The molecule has 0 radical (unpaired) electrons. The van der Waals surface area contributed by atoms with Gasteiger partial charge in [0.2, 0.25) is 0 Å². The van der Waals surface area contributed by atoms with Crippen molar-refractivity contribution >= 4 is 38.4 Å². The first-order valence-electron chi connectivity index (χ1n) is 4.21. The number of fused-ring (bicyclic) bond motifs is 1. The molecule has 2 rings (SSSR count). The van der Waals surface area contributed by atoms with Gasteiger partial charge in [-0.05, 0) is 23.1 Å². The van der Waals surface area contributed by atoms with Crippen molar-refractivity contribution in [3.8, 4) is 0 Å². The number of rotatable bonds is 2. The van der Waals surface area contributed by atoms with Crippen molar-refractivity contribution in [1.29, 1.82) is 0 Å². The summed E-state index contributed by atoms with van der Waals surface area (Å²) in [5, 5.41) is 2.18. The summed E-state index contributed by atoms with van der Waals surface area (Å²) >= 11 is 3.00. The number of thiophene rings is 1. The highest BCUT2D eigenvalue weighted by Crippen LogP contribution is 2.21. The van der Waals surface area contributed by atoms with Crippen molar-refractivity contribution in [2.75, 3.05) is 0 Å². The molecule has 0 saturated carbocycles. The van der Waals surface area contributed by atoms with E-state index >= 15 is 0 Å². The molecule has 0 aromatic carbocycles. The molecule has 0 bridgehead atoms. The monoisotopic (exact) mass is 223 g/mol. The van der Waals surface area contributed by atoms with Crippen LogP contribution in [0.5, 0.6) is 0 Å². The number of thioether (sulfide) groups is 1. The summed E-state index contributed by atoms with van der Waals surface area (Å²) in [5.41, 5.74) is 2.15. The Labute approximate surface area is 90.4 Å². The van der Waals surface area contributed by atoms with Gasteiger partial charge in [-0.15, -0.1) is 11.3 Å². The summed E-state index contributed by atoms with van der Waals surface area (Å²) in [5.74, 6) is 0.718. The maximum absolute atomic E-state index is 10.8. The highest BCUT2D eigenvalue weighted by Gasteiger charge is 2.00. The van der Waals surface area contributed by atoms with E-state index in [4.69, 9.17) is 0 Å². The van der Waals surface area contributed by atoms with Crippen LogP contribution in [0.15, 0.2) is 23.7 Å². The summed E-state index contributed by atoms with van der Waals surface area (Å²) in [7, 11) is 0. The fraction of sp³-hybridized carbons (Fsp3) is 0.200. The van der Waals surface area contributed by atoms with E-state index in [0.29, 0.717) is 0 Å². The second kappa shape index (κ2) is 4.11. The third-order valence-corrected chi connectivity index (χ3v) is 3.54. The van der Waals surface area contributed by atoms with Gasteiger partial charge in [-0.25, -0.2) is 0 Å². The smallest absolute Gasteiger partial charge is 0.186 e. The molecule has 2 nitrogen and oxygen atoms in total. The summed E-state index contributed by atoms with van der Waals surface area (Å²) in [6.45, 7) is 1.59. The van der Waals surface area contributed by atoms with Crippen LogP contribution in [0.25, 0.3) is 10.2 Å². The molecule has 4 heteroatoms. The first-order chi connectivity index (χ1) is 6.75. The summed E-state index contributed by atoms with van der Waals surface area (Å²) in [6.07, 6.45) is 1.84. The average molecular weight is 223 g/mol. The standard InChI is InChI=1S/C10H9NOS2/c1-7(12)14-6-8-4-10-9(11-5-8)2-3-13-10/h2-5H,6H2,1H3. The van der Waals surface area contributed by atoms with Gasteiger partial charge in [0.15, 0.2) is 5.12 Å². The van der Waals surface area contributed by atoms with E-state index in [2.05, 4.69) is 11.1 Å². The van der Waals surface area contributed by atoms with E-state index < -0.39 is 0 Å². The van der Waals surface area contributed by atoms with E-state index in [1.165, 1.54) is 16.5 Å². The predicted octanol–water partition coefficient (Wildman–Crippen LogP) is 3.08. The summed E-state index contributed by atoms with van der Waals surface area (Å²) < 4.78 is 1.19. The van der Waals surface area contributed by atoms with Crippen molar-refractivity contribution in [2.45, 2.75) is 12.7 Å². The minimum absolute atomic E-state index is 0.149. The number of aromatic nitrogens is 1. The lowest BCUT2D eigenvalue weighted by Gasteiger charge is -1.97. The third kappa shape index (κ3) is 2.13. The molecule has 0 atom stereocenters. The fourth-order valence-corrected chi connectivity index (χ4v) is 2.48. The van der Waals surface area contributed by atoms with Crippen LogP contribution in [-0.2, 0) is 10.5 Å². The number of hydrogen-bond donors (Lipinski definition) is 0. The Balaban J connectivity index is 2.21. The SMILES string of the molecule is CC(=O)SCc1cnc2ccsc2c1. The van der Waals surface area contributed by atoms with E-state index in [1.54, 1.807) is 18.3 Å². The first-order valence-corrected chi connectivity index (χ1v) is 6.08. The molecule has 0 unspecified atom stereocenters. The molecule has 0 aliphatic heterocycles. The second-order valence-electron chi connectivity index (χ2n) is 2.93. The zero-order chi connectivity index (χ0) is 9.97. The van der Waals surface area contributed by atoms with E-state index in [-0.39, 0.29) is 5.12 Å². The van der Waals surface area contributed by atoms with Crippen molar-refractivity contribution < 1.29 is 4.79 Å². The predicted molar refractivity (Wildman–Crippen MR) is 61.6 cm³/mol. The van der Waals surface area contributed by atoms with Gasteiger partial charge in [-0.2, -0.15) is 0 Å². The normalized spacial score (nSPS) is 10.6. The molecule has 2 heterocycles. The third-order valence-electron chi connectivity index (χ3n) is 1.80. The largest absolute Gasteiger partial charge is 0.288 e. The molecule has 14 heavy (non-hydrogen) atoms. The molecule has 0 N–H and O–H groups in total. The van der Waals surface area contributed by atoms with Crippen molar-refractivity contribution in [1.82, 2.24) is 4.98 Å². The van der Waals surface area contributed by atoms with Gasteiger partial charge in [-0.3, -0.25) is 9.78 Å². The first kappa shape index (κ1) is 9.68. The Kier molecular flexibility index (Phi) is 2.84. The van der Waals surface area contributed by atoms with E-state index in [0.717, 1.165) is 16.8 Å². The highest BCUT2D eigenvalue weighted by atomic mass is 32.2. The number of hydrogen-bond acceptors (Lipinski definition) is 4. The number of carbonyl (C=O) groups is 1. The lowest BCUT2D eigenvalue weighted by molar-refractivity contribution is -0.109. The maximum atomic E-state index is 10.8. The maximum Gasteiger partial charge on any atom is 0.186 e. The quantitative estimate of drug-likeness (QED) is 0.783. The number of carbonyl (C=O) groups excluding carboxylic acids is 1. The Morgan fingerprint density at radius 2 is 2.50 bits per heavy atom. The van der Waals surface area contributed by atoms with E-state index in [9.17, 15) is 4.79 Å². The molecule has 0 spiro atoms. The van der Waals surface area contributed by atoms with Crippen LogP contribution in [0.2, 0.25) is 0 Å². The molecule has 2 aromatic rings. The minimum Gasteiger partial charge on any atom is -0.288 e. The molecule has 0 amide bonds. The lowest BCUT2D eigenvalue weighted by Crippen LogP contribution is -1.86. The molecular formula is C10H9NOS2. The molecule has 2 aromatic heterocycles. The number of nitrogens with zero attached hydrogens (tertiary/aromatic N) is 1.